The predicted molar refractivity (Wildman–Crippen MR) is 123 cm³/mol. The van der Waals surface area contributed by atoms with E-state index in [2.05, 4.69) is 9.64 Å². The fourth-order valence-electron chi connectivity index (χ4n) is 5.49. The van der Waals surface area contributed by atoms with Gasteiger partial charge in [0.15, 0.2) is 21.4 Å². The maximum absolute atomic E-state index is 14.3. The van der Waals surface area contributed by atoms with Crippen LogP contribution in [0.4, 0.5) is 22.4 Å². The number of carbonyl (C=O) groups is 1. The van der Waals surface area contributed by atoms with Gasteiger partial charge in [0.05, 0.1) is 17.5 Å². The minimum absolute atomic E-state index is 0.0229. The summed E-state index contributed by atoms with van der Waals surface area (Å²) in [5.41, 5.74) is 0. The van der Waals surface area contributed by atoms with E-state index in [-0.39, 0.29) is 41.1 Å². The zero-order chi connectivity index (χ0) is 26.1. The van der Waals surface area contributed by atoms with E-state index in [4.69, 9.17) is 4.74 Å². The van der Waals surface area contributed by atoms with Gasteiger partial charge in [0.2, 0.25) is 0 Å². The van der Waals surface area contributed by atoms with Gasteiger partial charge in [-0.2, -0.15) is 0 Å². The average molecular weight is 537 g/mol. The number of piperazine rings is 1. The monoisotopic (exact) mass is 536 g/mol. The number of alkyl halides is 3. The lowest BCUT2D eigenvalue weighted by Crippen LogP contribution is -2.61. The van der Waals surface area contributed by atoms with Crippen LogP contribution < -0.4 is 4.74 Å². The molecule has 0 bridgehead atoms. The average Bonchev–Trinajstić information content (AvgIpc) is 2.75. The van der Waals surface area contributed by atoms with Crippen LogP contribution in [0, 0.1) is 17.7 Å². The molecule has 7 nitrogen and oxygen atoms in total. The van der Waals surface area contributed by atoms with Crippen LogP contribution in [0.3, 0.4) is 0 Å². The molecule has 2 saturated carbocycles. The standard InChI is InChI=1S/C24H32F4N2O5S/c1-36(32,33)19-9-10-22(20(25)13-19)34-15-16-5-7-18(8-6-16)29-11-12-30(23(31)35-24(26,27)28)21(14-29)17-3-2-4-17/h9-10,13,16-18,21H,2-8,11-12,14-15H2,1H3/t16-,18-,21?. The van der Waals surface area contributed by atoms with Crippen molar-refractivity contribution in [1.82, 2.24) is 9.80 Å². The molecule has 0 N–H and O–H groups in total. The summed E-state index contributed by atoms with van der Waals surface area (Å²) in [5, 5.41) is 0. The topological polar surface area (TPSA) is 76.2 Å². The Bertz CT molecular complexity index is 1040. The van der Waals surface area contributed by atoms with E-state index < -0.39 is 28.1 Å². The molecular formula is C24H32F4N2O5S. The van der Waals surface area contributed by atoms with Crippen LogP contribution in [0.1, 0.15) is 44.9 Å². The molecule has 36 heavy (non-hydrogen) atoms. The van der Waals surface area contributed by atoms with Gasteiger partial charge in [-0.3, -0.25) is 4.90 Å². The number of benzene rings is 1. The van der Waals surface area contributed by atoms with Crippen LogP contribution in [-0.2, 0) is 14.6 Å². The molecule has 1 saturated heterocycles. The molecule has 1 atom stereocenters. The van der Waals surface area contributed by atoms with E-state index in [0.717, 1.165) is 57.3 Å². The zero-order valence-corrected chi connectivity index (χ0v) is 21.0. The summed E-state index contributed by atoms with van der Waals surface area (Å²) in [6.07, 6.45) is 1.03. The number of amides is 1. The maximum atomic E-state index is 14.3. The van der Waals surface area contributed by atoms with Crippen molar-refractivity contribution in [3.8, 4) is 5.75 Å². The molecule has 1 aliphatic heterocycles. The molecule has 1 unspecified atom stereocenters. The van der Waals surface area contributed by atoms with E-state index >= 15 is 0 Å². The fourth-order valence-corrected chi connectivity index (χ4v) is 6.12. The SMILES string of the molecule is CS(=O)(=O)c1ccc(OC[C@H]2CC[C@H](N3CCN(C(=O)OC(F)(F)F)C(C4CCC4)C3)CC2)c(F)c1. The summed E-state index contributed by atoms with van der Waals surface area (Å²) in [4.78, 5) is 15.6. The minimum Gasteiger partial charge on any atom is -0.490 e. The molecule has 0 aromatic heterocycles. The summed E-state index contributed by atoms with van der Waals surface area (Å²) in [5.74, 6) is -0.270. The second-order valence-electron chi connectivity index (χ2n) is 10.1. The summed E-state index contributed by atoms with van der Waals surface area (Å²) >= 11 is 0. The number of carbonyl (C=O) groups excluding carboxylic acids is 1. The Morgan fingerprint density at radius 1 is 1.08 bits per heavy atom. The van der Waals surface area contributed by atoms with Crippen LogP contribution >= 0.6 is 0 Å². The van der Waals surface area contributed by atoms with Gasteiger partial charge >= 0.3 is 12.5 Å². The second-order valence-corrected chi connectivity index (χ2v) is 12.1. The van der Waals surface area contributed by atoms with Gasteiger partial charge in [-0.1, -0.05) is 6.42 Å². The minimum atomic E-state index is -4.99. The van der Waals surface area contributed by atoms with Crippen molar-refractivity contribution in [3.63, 3.8) is 0 Å². The number of halogens is 4. The molecule has 4 rings (SSSR count). The number of sulfone groups is 1. The second kappa shape index (κ2) is 10.7. The lowest BCUT2D eigenvalue weighted by molar-refractivity contribution is -0.296. The molecule has 1 amide bonds. The largest absolute Gasteiger partial charge is 0.576 e. The molecular weight excluding hydrogens is 504 g/mol. The summed E-state index contributed by atoms with van der Waals surface area (Å²) in [6.45, 7) is 1.58. The van der Waals surface area contributed by atoms with Crippen molar-refractivity contribution in [1.29, 1.82) is 0 Å². The molecule has 3 fully saturated rings. The zero-order valence-electron chi connectivity index (χ0n) is 20.2. The van der Waals surface area contributed by atoms with Crippen molar-refractivity contribution < 1.29 is 40.2 Å². The van der Waals surface area contributed by atoms with Crippen LogP contribution in [-0.4, -0.2) is 75.3 Å². The smallest absolute Gasteiger partial charge is 0.490 e. The first-order valence-electron chi connectivity index (χ1n) is 12.3. The molecule has 1 heterocycles. The first-order chi connectivity index (χ1) is 16.9. The molecule has 202 valence electrons. The van der Waals surface area contributed by atoms with Crippen molar-refractivity contribution in [3.05, 3.63) is 24.0 Å². The highest BCUT2D eigenvalue weighted by Gasteiger charge is 2.44. The number of ether oxygens (including phenoxy) is 2. The lowest BCUT2D eigenvalue weighted by atomic mass is 9.77. The Labute approximate surface area is 208 Å². The van der Waals surface area contributed by atoms with Gasteiger partial charge < -0.3 is 14.4 Å². The fraction of sp³-hybridized carbons (Fsp3) is 0.708. The van der Waals surface area contributed by atoms with Crippen LogP contribution in [0.5, 0.6) is 5.75 Å². The Hall–Kier alpha value is -2.08. The van der Waals surface area contributed by atoms with E-state index in [1.54, 1.807) is 0 Å². The lowest BCUT2D eigenvalue weighted by Gasteiger charge is -2.49. The first-order valence-corrected chi connectivity index (χ1v) is 14.2. The summed E-state index contributed by atoms with van der Waals surface area (Å²) in [7, 11) is -3.50. The normalized spacial score (nSPS) is 26.4. The number of hydrogen-bond acceptors (Lipinski definition) is 6. The molecule has 12 heteroatoms. The van der Waals surface area contributed by atoms with Crippen LogP contribution in [0.25, 0.3) is 0 Å². The first kappa shape index (κ1) is 27.0. The highest BCUT2D eigenvalue weighted by molar-refractivity contribution is 7.90. The van der Waals surface area contributed by atoms with E-state index in [9.17, 15) is 30.8 Å². The van der Waals surface area contributed by atoms with Gasteiger partial charge in [0.1, 0.15) is 0 Å². The van der Waals surface area contributed by atoms with E-state index in [0.29, 0.717) is 19.7 Å². The number of nitrogens with zero attached hydrogens (tertiary/aromatic N) is 2. The van der Waals surface area contributed by atoms with Gasteiger partial charge in [0, 0.05) is 31.9 Å². The Balaban J connectivity index is 1.28. The third-order valence-corrected chi connectivity index (χ3v) is 8.83. The highest BCUT2D eigenvalue weighted by atomic mass is 32.2. The maximum Gasteiger partial charge on any atom is 0.576 e. The Kier molecular flexibility index (Phi) is 8.04. The molecule has 1 aromatic carbocycles. The van der Waals surface area contributed by atoms with Crippen molar-refractivity contribution in [2.24, 2.45) is 11.8 Å². The molecule has 0 spiro atoms. The van der Waals surface area contributed by atoms with Crippen molar-refractivity contribution in [2.45, 2.75) is 68.3 Å². The van der Waals surface area contributed by atoms with Crippen LogP contribution in [0.2, 0.25) is 0 Å². The third-order valence-electron chi connectivity index (χ3n) is 7.72. The Morgan fingerprint density at radius 3 is 2.33 bits per heavy atom. The quantitative estimate of drug-likeness (QED) is 0.495. The summed E-state index contributed by atoms with van der Waals surface area (Å²) in [6, 6.07) is 3.62. The highest BCUT2D eigenvalue weighted by Crippen LogP contribution is 2.37. The summed E-state index contributed by atoms with van der Waals surface area (Å²) < 4.78 is 84.6. The van der Waals surface area contributed by atoms with Gasteiger partial charge in [-0.05, 0) is 68.6 Å². The molecule has 0 radical (unpaired) electrons. The van der Waals surface area contributed by atoms with Gasteiger partial charge in [0.25, 0.3) is 0 Å². The van der Waals surface area contributed by atoms with Crippen molar-refractivity contribution in [2.75, 3.05) is 32.5 Å². The molecule has 2 aliphatic carbocycles. The van der Waals surface area contributed by atoms with Gasteiger partial charge in [-0.25, -0.2) is 17.6 Å². The Morgan fingerprint density at radius 2 is 1.78 bits per heavy atom. The number of rotatable bonds is 6. The number of hydrogen-bond donors (Lipinski definition) is 0. The van der Waals surface area contributed by atoms with Gasteiger partial charge in [-0.15, -0.1) is 13.2 Å². The predicted octanol–water partition coefficient (Wildman–Crippen LogP) is 4.61. The van der Waals surface area contributed by atoms with E-state index in [1.807, 2.05) is 0 Å². The molecule has 1 aromatic rings. The van der Waals surface area contributed by atoms with E-state index in [1.165, 1.54) is 17.0 Å². The van der Waals surface area contributed by atoms with Crippen molar-refractivity contribution >= 4 is 15.9 Å². The van der Waals surface area contributed by atoms with Crippen LogP contribution in [0.15, 0.2) is 23.1 Å². The third kappa shape index (κ3) is 6.62. The molecule has 3 aliphatic rings.